The van der Waals surface area contributed by atoms with Crippen LogP contribution in [0.1, 0.15) is 29.4 Å². The summed E-state index contributed by atoms with van der Waals surface area (Å²) >= 11 is 3.22. The van der Waals surface area contributed by atoms with Crippen LogP contribution in [0.5, 0.6) is 0 Å². The zero-order valence-electron chi connectivity index (χ0n) is 16.4. The molecule has 0 saturated carbocycles. The number of guanidine groups is 1. The molecular formula is C19H28BrFIN5. The highest BCUT2D eigenvalue weighted by Crippen LogP contribution is 2.17. The molecule has 1 atom stereocenters. The van der Waals surface area contributed by atoms with E-state index in [0.29, 0.717) is 4.47 Å². The van der Waals surface area contributed by atoms with E-state index in [-0.39, 0.29) is 35.8 Å². The maximum Gasteiger partial charge on any atom is 0.191 e. The van der Waals surface area contributed by atoms with Crippen LogP contribution >= 0.6 is 39.9 Å². The minimum absolute atomic E-state index is 0. The first-order valence-electron chi connectivity index (χ1n) is 8.72. The molecule has 0 fully saturated rings. The van der Waals surface area contributed by atoms with Crippen molar-refractivity contribution in [3.8, 4) is 0 Å². The van der Waals surface area contributed by atoms with Crippen LogP contribution in [0.15, 0.2) is 27.7 Å². The summed E-state index contributed by atoms with van der Waals surface area (Å²) in [6, 6.07) is 5.31. The molecule has 2 aromatic rings. The maximum absolute atomic E-state index is 13.3. The summed E-state index contributed by atoms with van der Waals surface area (Å²) < 4.78 is 15.7. The lowest BCUT2D eigenvalue weighted by Crippen LogP contribution is -2.43. The molecule has 27 heavy (non-hydrogen) atoms. The lowest BCUT2D eigenvalue weighted by molar-refractivity contribution is 0.619. The van der Waals surface area contributed by atoms with Gasteiger partial charge >= 0.3 is 0 Å². The highest BCUT2D eigenvalue weighted by atomic mass is 127. The second-order valence-electron chi connectivity index (χ2n) is 6.52. The van der Waals surface area contributed by atoms with E-state index in [9.17, 15) is 4.39 Å². The molecule has 0 radical (unpaired) electrons. The van der Waals surface area contributed by atoms with Gasteiger partial charge in [0.1, 0.15) is 5.82 Å². The smallest absolute Gasteiger partial charge is 0.191 e. The van der Waals surface area contributed by atoms with E-state index in [1.807, 2.05) is 24.7 Å². The van der Waals surface area contributed by atoms with Crippen molar-refractivity contribution in [2.45, 2.75) is 39.7 Å². The zero-order valence-corrected chi connectivity index (χ0v) is 20.4. The number of hydrogen-bond acceptors (Lipinski definition) is 2. The average Bonchev–Trinajstić information content (AvgIpc) is 2.83. The predicted octanol–water partition coefficient (Wildman–Crippen LogP) is 3.90. The molecule has 8 heteroatoms. The van der Waals surface area contributed by atoms with Crippen LogP contribution in [0.25, 0.3) is 0 Å². The Kier molecular flexibility index (Phi) is 9.72. The van der Waals surface area contributed by atoms with Gasteiger partial charge in [0.2, 0.25) is 0 Å². The molecule has 2 rings (SSSR count). The standard InChI is InChI=1S/C19H27BrFN5.HI/c1-12(10-16-13(2)25-26(5)14(16)3)24-19(22-4)23-9-8-15-6-7-18(21)17(20)11-15;/h6-7,11-12H,8-10H2,1-5H3,(H2,22,23,24);1H. The van der Waals surface area contributed by atoms with Crippen LogP contribution in [0, 0.1) is 19.7 Å². The molecule has 0 aliphatic heterocycles. The average molecular weight is 552 g/mol. The van der Waals surface area contributed by atoms with Gasteiger partial charge in [-0.1, -0.05) is 6.07 Å². The summed E-state index contributed by atoms with van der Waals surface area (Å²) in [7, 11) is 3.73. The number of halogens is 3. The number of nitrogens with one attached hydrogen (secondary N) is 2. The van der Waals surface area contributed by atoms with Gasteiger partial charge in [-0.15, -0.1) is 24.0 Å². The zero-order chi connectivity index (χ0) is 19.3. The Morgan fingerprint density at radius 3 is 2.63 bits per heavy atom. The first-order chi connectivity index (χ1) is 12.3. The number of aryl methyl sites for hydroxylation is 2. The number of benzene rings is 1. The molecule has 1 unspecified atom stereocenters. The molecule has 5 nitrogen and oxygen atoms in total. The fourth-order valence-corrected chi connectivity index (χ4v) is 3.34. The number of hydrogen-bond donors (Lipinski definition) is 2. The molecule has 2 N–H and O–H groups in total. The number of aliphatic imine (C=N–C) groups is 1. The largest absolute Gasteiger partial charge is 0.356 e. The Morgan fingerprint density at radius 1 is 1.37 bits per heavy atom. The van der Waals surface area contributed by atoms with Gasteiger partial charge in [0, 0.05) is 32.4 Å². The highest BCUT2D eigenvalue weighted by molar-refractivity contribution is 14.0. The summed E-state index contributed by atoms with van der Waals surface area (Å²) in [6.07, 6.45) is 1.67. The van der Waals surface area contributed by atoms with E-state index in [1.54, 1.807) is 13.1 Å². The molecular weight excluding hydrogens is 524 g/mol. The number of nitrogens with zero attached hydrogens (tertiary/aromatic N) is 3. The van der Waals surface area contributed by atoms with Gasteiger partial charge in [0.05, 0.1) is 10.2 Å². The van der Waals surface area contributed by atoms with E-state index >= 15 is 0 Å². The second-order valence-corrected chi connectivity index (χ2v) is 7.37. The van der Waals surface area contributed by atoms with Crippen molar-refractivity contribution in [3.05, 3.63) is 51.0 Å². The fraction of sp³-hybridized carbons (Fsp3) is 0.474. The highest BCUT2D eigenvalue weighted by Gasteiger charge is 2.14. The molecule has 1 heterocycles. The van der Waals surface area contributed by atoms with Gasteiger partial charge in [-0.05, 0) is 72.8 Å². The van der Waals surface area contributed by atoms with Crippen molar-refractivity contribution in [1.29, 1.82) is 0 Å². The van der Waals surface area contributed by atoms with Crippen molar-refractivity contribution in [2.24, 2.45) is 12.0 Å². The van der Waals surface area contributed by atoms with E-state index in [1.165, 1.54) is 17.3 Å². The van der Waals surface area contributed by atoms with Crippen LogP contribution in [0.4, 0.5) is 4.39 Å². The molecule has 0 bridgehead atoms. The van der Waals surface area contributed by atoms with Crippen LogP contribution in [-0.4, -0.2) is 35.4 Å². The summed E-state index contributed by atoms with van der Waals surface area (Å²) in [5.41, 5.74) is 4.61. The molecule has 0 aliphatic carbocycles. The first kappa shape index (κ1) is 23.9. The maximum atomic E-state index is 13.3. The van der Waals surface area contributed by atoms with Crippen LogP contribution in [-0.2, 0) is 19.9 Å². The number of aromatic nitrogens is 2. The van der Waals surface area contributed by atoms with Gasteiger partial charge in [-0.3, -0.25) is 9.67 Å². The minimum atomic E-state index is -0.242. The first-order valence-corrected chi connectivity index (χ1v) is 9.51. The summed E-state index contributed by atoms with van der Waals surface area (Å²) in [4.78, 5) is 4.29. The Labute approximate surface area is 186 Å². The van der Waals surface area contributed by atoms with Gasteiger partial charge in [-0.25, -0.2) is 4.39 Å². The van der Waals surface area contributed by atoms with Crippen molar-refractivity contribution in [2.75, 3.05) is 13.6 Å². The Hall–Kier alpha value is -1.16. The molecule has 1 aromatic carbocycles. The van der Waals surface area contributed by atoms with E-state index < -0.39 is 0 Å². The van der Waals surface area contributed by atoms with Gasteiger partial charge < -0.3 is 10.6 Å². The molecule has 0 aliphatic rings. The SMILES string of the molecule is CN=C(NCCc1ccc(F)c(Br)c1)NC(C)Cc1c(C)nn(C)c1C.I. The lowest BCUT2D eigenvalue weighted by atomic mass is 10.1. The third-order valence-corrected chi connectivity index (χ3v) is 5.07. The van der Waals surface area contributed by atoms with Crippen LogP contribution in [0.3, 0.4) is 0 Å². The lowest BCUT2D eigenvalue weighted by Gasteiger charge is -2.18. The molecule has 150 valence electrons. The molecule has 0 amide bonds. The van der Waals surface area contributed by atoms with Crippen LogP contribution < -0.4 is 10.6 Å². The van der Waals surface area contributed by atoms with Crippen molar-refractivity contribution in [3.63, 3.8) is 0 Å². The Morgan fingerprint density at radius 2 is 2.07 bits per heavy atom. The van der Waals surface area contributed by atoms with Gasteiger partial charge in [-0.2, -0.15) is 5.10 Å². The topological polar surface area (TPSA) is 54.2 Å². The normalized spacial score (nSPS) is 12.5. The number of rotatable bonds is 6. The summed E-state index contributed by atoms with van der Waals surface area (Å²) in [5.74, 6) is 0.520. The second kappa shape index (κ2) is 11.0. The monoisotopic (exact) mass is 551 g/mol. The summed E-state index contributed by atoms with van der Waals surface area (Å²) in [6.45, 7) is 6.99. The van der Waals surface area contributed by atoms with E-state index in [4.69, 9.17) is 0 Å². The van der Waals surface area contributed by atoms with Gasteiger partial charge in [0.25, 0.3) is 0 Å². The third-order valence-electron chi connectivity index (χ3n) is 4.47. The van der Waals surface area contributed by atoms with Crippen molar-refractivity contribution in [1.82, 2.24) is 20.4 Å². The molecule has 0 spiro atoms. The van der Waals surface area contributed by atoms with E-state index in [2.05, 4.69) is 50.5 Å². The van der Waals surface area contributed by atoms with Gasteiger partial charge in [0.15, 0.2) is 5.96 Å². The quantitative estimate of drug-likeness (QED) is 0.325. The Balaban J connectivity index is 0.00000364. The fourth-order valence-electron chi connectivity index (χ4n) is 2.92. The molecule has 1 aromatic heterocycles. The third kappa shape index (κ3) is 6.74. The van der Waals surface area contributed by atoms with Crippen LogP contribution in [0.2, 0.25) is 0 Å². The Bertz CT molecular complexity index is 791. The summed E-state index contributed by atoms with van der Waals surface area (Å²) in [5, 5.41) is 11.2. The van der Waals surface area contributed by atoms with Crippen molar-refractivity contribution >= 4 is 45.9 Å². The van der Waals surface area contributed by atoms with E-state index in [0.717, 1.165) is 36.6 Å². The predicted molar refractivity (Wildman–Crippen MR) is 124 cm³/mol. The van der Waals surface area contributed by atoms with Crippen molar-refractivity contribution < 1.29 is 4.39 Å². The minimum Gasteiger partial charge on any atom is -0.356 e. The molecule has 0 saturated heterocycles.